The highest BCUT2D eigenvalue weighted by molar-refractivity contribution is 5.98. The van der Waals surface area contributed by atoms with E-state index >= 15 is 0 Å². The second-order valence-corrected chi connectivity index (χ2v) is 7.03. The Labute approximate surface area is 138 Å². The fourth-order valence-corrected chi connectivity index (χ4v) is 3.57. The number of carbonyl (C=O) groups is 2. The molecular formula is C19H26N2O2. The van der Waals surface area contributed by atoms with E-state index in [0.29, 0.717) is 18.0 Å². The molecule has 1 atom stereocenters. The molecule has 3 rings (SSSR count). The first-order valence-corrected chi connectivity index (χ1v) is 8.72. The Balaban J connectivity index is 1.70. The number of hydrogen-bond acceptors (Lipinski definition) is 2. The van der Waals surface area contributed by atoms with Gasteiger partial charge in [0.1, 0.15) is 6.04 Å². The maximum atomic E-state index is 12.8. The lowest BCUT2D eigenvalue weighted by molar-refractivity contribution is -0.136. The number of benzene rings is 1. The third-order valence-corrected chi connectivity index (χ3v) is 5.19. The van der Waals surface area contributed by atoms with Crippen LogP contribution in [0.1, 0.15) is 48.5 Å². The molecule has 2 aliphatic heterocycles. The first kappa shape index (κ1) is 16.0. The third kappa shape index (κ3) is 3.41. The van der Waals surface area contributed by atoms with Crippen molar-refractivity contribution in [3.05, 3.63) is 35.4 Å². The van der Waals surface area contributed by atoms with Gasteiger partial charge in [-0.25, -0.2) is 0 Å². The van der Waals surface area contributed by atoms with Gasteiger partial charge in [-0.05, 0) is 50.7 Å². The van der Waals surface area contributed by atoms with E-state index in [-0.39, 0.29) is 17.9 Å². The van der Waals surface area contributed by atoms with Crippen LogP contribution in [0.15, 0.2) is 24.3 Å². The molecule has 23 heavy (non-hydrogen) atoms. The van der Waals surface area contributed by atoms with Crippen molar-refractivity contribution >= 4 is 11.8 Å². The molecule has 2 saturated heterocycles. The monoisotopic (exact) mass is 314 g/mol. The molecule has 0 aromatic heterocycles. The van der Waals surface area contributed by atoms with E-state index in [9.17, 15) is 9.59 Å². The molecule has 0 unspecified atom stereocenters. The van der Waals surface area contributed by atoms with Crippen molar-refractivity contribution in [3.8, 4) is 0 Å². The number of aryl methyl sites for hydroxylation is 1. The van der Waals surface area contributed by atoms with E-state index in [4.69, 9.17) is 0 Å². The summed E-state index contributed by atoms with van der Waals surface area (Å²) in [6, 6.07) is 7.36. The summed E-state index contributed by atoms with van der Waals surface area (Å²) < 4.78 is 0. The number of amides is 2. The fourth-order valence-electron chi connectivity index (χ4n) is 3.57. The van der Waals surface area contributed by atoms with Crippen molar-refractivity contribution < 1.29 is 9.59 Å². The van der Waals surface area contributed by atoms with Gasteiger partial charge in [0, 0.05) is 25.2 Å². The lowest BCUT2D eigenvalue weighted by Crippen LogP contribution is -2.49. The molecular weight excluding hydrogens is 288 g/mol. The topological polar surface area (TPSA) is 40.6 Å². The van der Waals surface area contributed by atoms with Gasteiger partial charge in [-0.1, -0.05) is 24.6 Å². The van der Waals surface area contributed by atoms with Crippen molar-refractivity contribution in [3.63, 3.8) is 0 Å². The summed E-state index contributed by atoms with van der Waals surface area (Å²) in [5, 5.41) is 0. The van der Waals surface area contributed by atoms with Crippen LogP contribution in [0.5, 0.6) is 0 Å². The number of piperidine rings is 1. The van der Waals surface area contributed by atoms with Crippen LogP contribution in [0.4, 0.5) is 0 Å². The Morgan fingerprint density at radius 2 is 1.65 bits per heavy atom. The second kappa shape index (κ2) is 6.73. The molecule has 1 aromatic rings. The van der Waals surface area contributed by atoms with Crippen LogP contribution in [0.2, 0.25) is 0 Å². The van der Waals surface area contributed by atoms with Gasteiger partial charge < -0.3 is 9.80 Å². The Morgan fingerprint density at radius 3 is 2.30 bits per heavy atom. The van der Waals surface area contributed by atoms with Crippen molar-refractivity contribution in [2.45, 2.75) is 45.6 Å². The van der Waals surface area contributed by atoms with Gasteiger partial charge in [0.05, 0.1) is 0 Å². The van der Waals surface area contributed by atoms with Gasteiger partial charge in [-0.2, -0.15) is 0 Å². The molecule has 2 amide bonds. The minimum atomic E-state index is -0.266. The summed E-state index contributed by atoms with van der Waals surface area (Å²) in [5.41, 5.74) is 1.82. The molecule has 1 aromatic carbocycles. The van der Waals surface area contributed by atoms with Gasteiger partial charge in [-0.3, -0.25) is 9.59 Å². The van der Waals surface area contributed by atoms with E-state index < -0.39 is 0 Å². The lowest BCUT2D eigenvalue weighted by atomic mass is 9.98. The van der Waals surface area contributed by atoms with Crippen LogP contribution in [0.25, 0.3) is 0 Å². The molecule has 2 heterocycles. The van der Waals surface area contributed by atoms with E-state index in [2.05, 4.69) is 6.92 Å². The Morgan fingerprint density at radius 1 is 1.00 bits per heavy atom. The zero-order valence-corrected chi connectivity index (χ0v) is 14.1. The van der Waals surface area contributed by atoms with Crippen molar-refractivity contribution in [2.75, 3.05) is 19.6 Å². The quantitative estimate of drug-likeness (QED) is 0.842. The largest absolute Gasteiger partial charge is 0.341 e. The molecule has 0 aliphatic carbocycles. The van der Waals surface area contributed by atoms with Gasteiger partial charge in [0.15, 0.2) is 0 Å². The molecule has 4 nitrogen and oxygen atoms in total. The van der Waals surface area contributed by atoms with Gasteiger partial charge in [0.25, 0.3) is 5.91 Å². The molecule has 0 N–H and O–H groups in total. The standard InChI is InChI=1S/C19H26N2O2/c1-14-5-7-16(8-6-14)18(22)21-11-3-4-17(21)19(23)20-12-9-15(2)10-13-20/h5-8,15,17H,3-4,9-13H2,1-2H3/t17-/m1/s1. The summed E-state index contributed by atoms with van der Waals surface area (Å²) in [5.74, 6) is 0.842. The number of likely N-dealkylation sites (tertiary alicyclic amines) is 2. The van der Waals surface area contributed by atoms with Crippen LogP contribution in [0, 0.1) is 12.8 Å². The second-order valence-electron chi connectivity index (χ2n) is 7.03. The Bertz CT molecular complexity index is 574. The van der Waals surface area contributed by atoms with Crippen LogP contribution in [-0.4, -0.2) is 47.3 Å². The molecule has 0 spiro atoms. The number of hydrogen-bond donors (Lipinski definition) is 0. The van der Waals surface area contributed by atoms with Crippen LogP contribution < -0.4 is 0 Å². The Hall–Kier alpha value is -1.84. The smallest absolute Gasteiger partial charge is 0.254 e. The first-order valence-electron chi connectivity index (χ1n) is 8.72. The highest BCUT2D eigenvalue weighted by atomic mass is 16.2. The molecule has 0 radical (unpaired) electrons. The maximum Gasteiger partial charge on any atom is 0.254 e. The number of rotatable bonds is 2. The van der Waals surface area contributed by atoms with Crippen LogP contribution >= 0.6 is 0 Å². The van der Waals surface area contributed by atoms with E-state index in [1.54, 1.807) is 4.90 Å². The predicted molar refractivity (Wildman–Crippen MR) is 90.2 cm³/mol. The normalized spacial score (nSPS) is 22.4. The predicted octanol–water partition coefficient (Wildman–Crippen LogP) is 2.86. The first-order chi connectivity index (χ1) is 11.1. The zero-order valence-electron chi connectivity index (χ0n) is 14.1. The van der Waals surface area contributed by atoms with Crippen LogP contribution in [-0.2, 0) is 4.79 Å². The summed E-state index contributed by atoms with van der Waals surface area (Å²) in [6.07, 6.45) is 3.86. The third-order valence-electron chi connectivity index (χ3n) is 5.19. The number of carbonyl (C=O) groups excluding carboxylic acids is 2. The fraction of sp³-hybridized carbons (Fsp3) is 0.579. The average molecular weight is 314 g/mol. The highest BCUT2D eigenvalue weighted by Crippen LogP contribution is 2.24. The van der Waals surface area contributed by atoms with Crippen molar-refractivity contribution in [2.24, 2.45) is 5.92 Å². The zero-order chi connectivity index (χ0) is 16.4. The van der Waals surface area contributed by atoms with Crippen LogP contribution in [0.3, 0.4) is 0 Å². The van der Waals surface area contributed by atoms with Crippen molar-refractivity contribution in [1.29, 1.82) is 0 Å². The maximum absolute atomic E-state index is 12.8. The van der Waals surface area contributed by atoms with Crippen molar-refractivity contribution in [1.82, 2.24) is 9.80 Å². The molecule has 2 aliphatic rings. The minimum absolute atomic E-state index is 0.00812. The highest BCUT2D eigenvalue weighted by Gasteiger charge is 2.37. The van der Waals surface area contributed by atoms with E-state index in [1.807, 2.05) is 36.1 Å². The minimum Gasteiger partial charge on any atom is -0.341 e. The average Bonchev–Trinajstić information content (AvgIpc) is 3.04. The molecule has 2 fully saturated rings. The SMILES string of the molecule is Cc1ccc(C(=O)N2CCC[C@@H]2C(=O)N2CCC(C)CC2)cc1. The summed E-state index contributed by atoms with van der Waals surface area (Å²) in [6.45, 7) is 6.61. The van der Waals surface area contributed by atoms with Gasteiger partial charge in [0.2, 0.25) is 5.91 Å². The molecule has 0 saturated carbocycles. The summed E-state index contributed by atoms with van der Waals surface area (Å²) in [7, 11) is 0. The molecule has 124 valence electrons. The Kier molecular flexibility index (Phi) is 4.69. The van der Waals surface area contributed by atoms with E-state index in [0.717, 1.165) is 44.3 Å². The molecule has 4 heteroatoms. The summed E-state index contributed by atoms with van der Waals surface area (Å²) >= 11 is 0. The van der Waals surface area contributed by atoms with Gasteiger partial charge >= 0.3 is 0 Å². The van der Waals surface area contributed by atoms with E-state index in [1.165, 1.54) is 0 Å². The number of nitrogens with zero attached hydrogens (tertiary/aromatic N) is 2. The lowest BCUT2D eigenvalue weighted by Gasteiger charge is -2.34. The molecule has 0 bridgehead atoms. The van der Waals surface area contributed by atoms with Gasteiger partial charge in [-0.15, -0.1) is 0 Å². The summed E-state index contributed by atoms with van der Waals surface area (Å²) in [4.78, 5) is 29.3.